The minimum atomic E-state index is -3.77. The molecule has 0 spiro atoms. The van der Waals surface area contributed by atoms with E-state index in [-0.39, 0.29) is 10.6 Å². The van der Waals surface area contributed by atoms with Crippen molar-refractivity contribution in [3.8, 4) is 11.5 Å². The summed E-state index contributed by atoms with van der Waals surface area (Å²) in [5, 5.41) is 3.25. The van der Waals surface area contributed by atoms with Gasteiger partial charge in [0.15, 0.2) is 0 Å². The lowest BCUT2D eigenvalue weighted by molar-refractivity contribution is 0.386. The van der Waals surface area contributed by atoms with E-state index < -0.39 is 10.0 Å². The maximum atomic E-state index is 12.6. The minimum Gasteiger partial charge on any atom is -0.497 e. The van der Waals surface area contributed by atoms with Gasteiger partial charge >= 0.3 is 0 Å². The van der Waals surface area contributed by atoms with Crippen molar-refractivity contribution in [2.75, 3.05) is 24.3 Å². The van der Waals surface area contributed by atoms with E-state index in [9.17, 15) is 8.42 Å². The molecule has 0 radical (unpaired) electrons. The van der Waals surface area contributed by atoms with Crippen molar-refractivity contribution in [1.29, 1.82) is 0 Å². The van der Waals surface area contributed by atoms with E-state index in [1.165, 1.54) is 26.4 Å². The highest BCUT2D eigenvalue weighted by atomic mass is 32.2. The van der Waals surface area contributed by atoms with Gasteiger partial charge in [0.25, 0.3) is 10.0 Å². The Hall–Kier alpha value is -2.41. The largest absolute Gasteiger partial charge is 0.497 e. The van der Waals surface area contributed by atoms with Crippen LogP contribution in [0.1, 0.15) is 13.8 Å². The van der Waals surface area contributed by atoms with Crippen molar-refractivity contribution in [3.63, 3.8) is 0 Å². The molecule has 0 fully saturated rings. The predicted molar refractivity (Wildman–Crippen MR) is 95.6 cm³/mol. The maximum absolute atomic E-state index is 12.6. The van der Waals surface area contributed by atoms with Crippen molar-refractivity contribution in [2.24, 2.45) is 0 Å². The first-order valence-electron chi connectivity index (χ1n) is 7.47. The quantitative estimate of drug-likeness (QED) is 0.801. The SMILES string of the molecule is COc1ccc(S(=O)(=O)Nc2ccc(NC(C)C)cc2)c(OC)c1. The van der Waals surface area contributed by atoms with Gasteiger partial charge in [0.1, 0.15) is 16.4 Å². The molecule has 0 bridgehead atoms. The zero-order valence-corrected chi connectivity index (χ0v) is 15.0. The van der Waals surface area contributed by atoms with E-state index in [2.05, 4.69) is 10.0 Å². The average Bonchev–Trinajstić information content (AvgIpc) is 2.55. The van der Waals surface area contributed by atoms with Gasteiger partial charge in [0.2, 0.25) is 0 Å². The van der Waals surface area contributed by atoms with Crippen molar-refractivity contribution in [1.82, 2.24) is 0 Å². The molecule has 2 aromatic rings. The molecule has 0 saturated heterocycles. The predicted octanol–water partition coefficient (Wildman–Crippen LogP) is 3.32. The summed E-state index contributed by atoms with van der Waals surface area (Å²) in [4.78, 5) is 0.0511. The Morgan fingerprint density at radius 1 is 0.917 bits per heavy atom. The molecule has 130 valence electrons. The van der Waals surface area contributed by atoms with E-state index >= 15 is 0 Å². The summed E-state index contributed by atoms with van der Waals surface area (Å²) >= 11 is 0. The number of rotatable bonds is 7. The summed E-state index contributed by atoms with van der Waals surface area (Å²) in [6, 6.07) is 11.9. The van der Waals surface area contributed by atoms with Crippen LogP contribution in [0.15, 0.2) is 47.4 Å². The molecule has 2 N–H and O–H groups in total. The number of anilines is 2. The Labute approximate surface area is 142 Å². The molecule has 2 rings (SSSR count). The number of hydrogen-bond donors (Lipinski definition) is 2. The first-order chi connectivity index (χ1) is 11.4. The molecular formula is C17H22N2O4S. The molecule has 2 aromatic carbocycles. The normalized spacial score (nSPS) is 11.2. The molecule has 0 aliphatic rings. The fourth-order valence-corrected chi connectivity index (χ4v) is 3.39. The first-order valence-corrected chi connectivity index (χ1v) is 8.95. The van der Waals surface area contributed by atoms with Crippen LogP contribution >= 0.6 is 0 Å². The molecule has 0 aromatic heterocycles. The Morgan fingerprint density at radius 2 is 1.54 bits per heavy atom. The fourth-order valence-electron chi connectivity index (χ4n) is 2.17. The number of nitrogens with one attached hydrogen (secondary N) is 2. The van der Waals surface area contributed by atoms with E-state index in [4.69, 9.17) is 9.47 Å². The first kappa shape index (κ1) is 17.9. The Kier molecular flexibility index (Phi) is 5.56. The van der Waals surface area contributed by atoms with E-state index in [0.717, 1.165) is 5.69 Å². The molecule has 0 aliphatic heterocycles. The van der Waals surface area contributed by atoms with Gasteiger partial charge in [-0.15, -0.1) is 0 Å². The summed E-state index contributed by atoms with van der Waals surface area (Å²) in [6.07, 6.45) is 0. The smallest absolute Gasteiger partial charge is 0.265 e. The van der Waals surface area contributed by atoms with Gasteiger partial charge < -0.3 is 14.8 Å². The van der Waals surface area contributed by atoms with Crippen LogP contribution in [-0.4, -0.2) is 28.7 Å². The van der Waals surface area contributed by atoms with Gasteiger partial charge in [0, 0.05) is 23.5 Å². The van der Waals surface area contributed by atoms with Crippen LogP contribution in [0.5, 0.6) is 11.5 Å². The maximum Gasteiger partial charge on any atom is 0.265 e. The van der Waals surface area contributed by atoms with Crippen LogP contribution in [0.2, 0.25) is 0 Å². The molecule has 6 nitrogen and oxygen atoms in total. The Balaban J connectivity index is 2.25. The molecule has 7 heteroatoms. The fraction of sp³-hybridized carbons (Fsp3) is 0.294. The minimum absolute atomic E-state index is 0.0511. The highest BCUT2D eigenvalue weighted by Gasteiger charge is 2.20. The average molecular weight is 350 g/mol. The molecule has 0 saturated carbocycles. The summed E-state index contributed by atoms with van der Waals surface area (Å²) < 4.78 is 38.0. The van der Waals surface area contributed by atoms with Crippen LogP contribution in [0.25, 0.3) is 0 Å². The second kappa shape index (κ2) is 7.44. The van der Waals surface area contributed by atoms with Crippen LogP contribution in [0, 0.1) is 0 Å². The van der Waals surface area contributed by atoms with Crippen LogP contribution in [0.3, 0.4) is 0 Å². The van der Waals surface area contributed by atoms with Crippen molar-refractivity contribution in [2.45, 2.75) is 24.8 Å². The standard InChI is InChI=1S/C17H22N2O4S/c1-12(2)18-13-5-7-14(8-6-13)19-24(20,21)17-10-9-15(22-3)11-16(17)23-4/h5-12,18-19H,1-4H3. The third kappa shape index (κ3) is 4.32. The molecular weight excluding hydrogens is 328 g/mol. The number of benzene rings is 2. The molecule has 0 aliphatic carbocycles. The number of sulfonamides is 1. The van der Waals surface area contributed by atoms with E-state index in [1.54, 1.807) is 18.2 Å². The summed E-state index contributed by atoms with van der Waals surface area (Å²) in [5.74, 6) is 0.745. The van der Waals surface area contributed by atoms with Gasteiger partial charge in [-0.2, -0.15) is 0 Å². The van der Waals surface area contributed by atoms with Gasteiger partial charge in [-0.1, -0.05) is 0 Å². The van der Waals surface area contributed by atoms with Crippen LogP contribution in [0.4, 0.5) is 11.4 Å². The monoisotopic (exact) mass is 350 g/mol. The van der Waals surface area contributed by atoms with Crippen molar-refractivity contribution >= 4 is 21.4 Å². The van der Waals surface area contributed by atoms with Crippen LogP contribution in [-0.2, 0) is 10.0 Å². The summed E-state index contributed by atoms with van der Waals surface area (Å²) in [7, 11) is -0.843. The summed E-state index contributed by atoms with van der Waals surface area (Å²) in [5.41, 5.74) is 1.40. The van der Waals surface area contributed by atoms with Crippen molar-refractivity contribution in [3.05, 3.63) is 42.5 Å². The molecule has 0 heterocycles. The number of ether oxygens (including phenoxy) is 2. The summed E-state index contributed by atoms with van der Waals surface area (Å²) in [6.45, 7) is 4.07. The van der Waals surface area contributed by atoms with E-state index in [0.29, 0.717) is 17.5 Å². The lowest BCUT2D eigenvalue weighted by Gasteiger charge is -2.14. The lowest BCUT2D eigenvalue weighted by atomic mass is 10.2. The topological polar surface area (TPSA) is 76.7 Å². The van der Waals surface area contributed by atoms with Gasteiger partial charge in [-0.05, 0) is 50.2 Å². The molecule has 0 atom stereocenters. The molecule has 24 heavy (non-hydrogen) atoms. The third-order valence-electron chi connectivity index (χ3n) is 3.25. The van der Waals surface area contributed by atoms with Gasteiger partial charge in [-0.25, -0.2) is 8.42 Å². The Bertz CT molecular complexity index is 787. The number of hydrogen-bond acceptors (Lipinski definition) is 5. The third-order valence-corrected chi connectivity index (χ3v) is 4.67. The molecule has 0 amide bonds. The lowest BCUT2D eigenvalue weighted by Crippen LogP contribution is -2.14. The number of methoxy groups -OCH3 is 2. The van der Waals surface area contributed by atoms with E-state index in [1.807, 2.05) is 26.0 Å². The zero-order valence-electron chi connectivity index (χ0n) is 14.2. The van der Waals surface area contributed by atoms with Crippen molar-refractivity contribution < 1.29 is 17.9 Å². The second-order valence-corrected chi connectivity index (χ2v) is 7.15. The highest BCUT2D eigenvalue weighted by Crippen LogP contribution is 2.30. The zero-order chi connectivity index (χ0) is 17.7. The van der Waals surface area contributed by atoms with Gasteiger partial charge in [-0.3, -0.25) is 4.72 Å². The van der Waals surface area contributed by atoms with Gasteiger partial charge in [0.05, 0.1) is 14.2 Å². The Morgan fingerprint density at radius 3 is 2.08 bits per heavy atom. The van der Waals surface area contributed by atoms with Crippen LogP contribution < -0.4 is 19.5 Å². The second-order valence-electron chi connectivity index (χ2n) is 5.50. The molecule has 0 unspecified atom stereocenters. The highest BCUT2D eigenvalue weighted by molar-refractivity contribution is 7.92.